The second-order valence-corrected chi connectivity index (χ2v) is 4.83. The molecule has 1 aliphatic rings. The maximum atomic E-state index is 10.7. The first-order chi connectivity index (χ1) is 6.43. The van der Waals surface area contributed by atoms with E-state index in [1.54, 1.807) is 0 Å². The van der Waals surface area contributed by atoms with E-state index >= 15 is 0 Å². The van der Waals surface area contributed by atoms with Gasteiger partial charge in [-0.25, -0.2) is 0 Å². The van der Waals surface area contributed by atoms with E-state index in [2.05, 4.69) is 27.4 Å². The molecule has 0 bridgehead atoms. The predicted octanol–water partition coefficient (Wildman–Crippen LogP) is 1.61. The first-order valence-electron chi connectivity index (χ1n) is 5.33. The third-order valence-corrected chi connectivity index (χ3v) is 3.67. The summed E-state index contributed by atoms with van der Waals surface area (Å²) in [6.45, 7) is 10.1. The number of hydrogen-bond acceptors (Lipinski definition) is 2. The number of carbonyl (C=O) groups is 1. The SMILES string of the molecule is C=C(C(=O)[O-])C1CC(C)CC(C)C1C. The standard InChI is InChI=1S/C12H20O2/c1-7-5-8(2)9(3)11(6-7)10(4)12(13)14/h7-9,11H,4-6H2,1-3H3,(H,13,14)/p-1. The predicted molar refractivity (Wildman–Crippen MR) is 54.4 cm³/mol. The van der Waals surface area contributed by atoms with Crippen molar-refractivity contribution in [2.75, 3.05) is 0 Å². The van der Waals surface area contributed by atoms with Crippen LogP contribution in [-0.2, 0) is 4.79 Å². The van der Waals surface area contributed by atoms with Crippen molar-refractivity contribution in [3.05, 3.63) is 12.2 Å². The van der Waals surface area contributed by atoms with Crippen LogP contribution < -0.4 is 5.11 Å². The summed E-state index contributed by atoms with van der Waals surface area (Å²) in [5.41, 5.74) is 0.288. The summed E-state index contributed by atoms with van der Waals surface area (Å²) in [6, 6.07) is 0. The Morgan fingerprint density at radius 3 is 2.36 bits per heavy atom. The Bertz CT molecular complexity index is 245. The molecule has 0 heterocycles. The van der Waals surface area contributed by atoms with Crippen molar-refractivity contribution in [3.8, 4) is 0 Å². The van der Waals surface area contributed by atoms with E-state index in [4.69, 9.17) is 0 Å². The summed E-state index contributed by atoms with van der Waals surface area (Å²) in [4.78, 5) is 10.7. The molecule has 0 aromatic carbocycles. The van der Waals surface area contributed by atoms with Crippen molar-refractivity contribution in [1.82, 2.24) is 0 Å². The number of carboxylic acid groups (broad SMARTS) is 1. The van der Waals surface area contributed by atoms with Crippen molar-refractivity contribution in [1.29, 1.82) is 0 Å². The molecule has 0 aromatic heterocycles. The van der Waals surface area contributed by atoms with Crippen molar-refractivity contribution < 1.29 is 9.90 Å². The number of rotatable bonds is 2. The molecule has 0 saturated heterocycles. The molecule has 0 amide bonds. The minimum Gasteiger partial charge on any atom is -0.545 e. The van der Waals surface area contributed by atoms with Crippen LogP contribution in [0.15, 0.2) is 12.2 Å². The van der Waals surface area contributed by atoms with Gasteiger partial charge in [-0.15, -0.1) is 0 Å². The quantitative estimate of drug-likeness (QED) is 0.628. The molecule has 1 rings (SSSR count). The summed E-state index contributed by atoms with van der Waals surface area (Å²) in [6.07, 6.45) is 2.14. The zero-order chi connectivity index (χ0) is 10.9. The molecule has 4 unspecified atom stereocenters. The number of aliphatic carboxylic acids is 1. The van der Waals surface area contributed by atoms with Gasteiger partial charge in [-0.05, 0) is 42.1 Å². The molecule has 0 N–H and O–H groups in total. The van der Waals surface area contributed by atoms with Crippen LogP contribution in [0.25, 0.3) is 0 Å². The molecule has 2 nitrogen and oxygen atoms in total. The van der Waals surface area contributed by atoms with Crippen LogP contribution in [0.1, 0.15) is 33.6 Å². The Morgan fingerprint density at radius 2 is 1.86 bits per heavy atom. The van der Waals surface area contributed by atoms with Gasteiger partial charge in [0.15, 0.2) is 0 Å². The fourth-order valence-corrected chi connectivity index (χ4v) is 2.60. The van der Waals surface area contributed by atoms with Gasteiger partial charge in [0.1, 0.15) is 0 Å². The Kier molecular flexibility index (Phi) is 3.35. The largest absolute Gasteiger partial charge is 0.545 e. The van der Waals surface area contributed by atoms with E-state index in [-0.39, 0.29) is 11.5 Å². The maximum Gasteiger partial charge on any atom is 0.0671 e. The van der Waals surface area contributed by atoms with Crippen molar-refractivity contribution in [2.24, 2.45) is 23.7 Å². The molecule has 0 aromatic rings. The summed E-state index contributed by atoms with van der Waals surface area (Å²) >= 11 is 0. The van der Waals surface area contributed by atoms with E-state index in [0.717, 1.165) is 6.42 Å². The van der Waals surface area contributed by atoms with Crippen LogP contribution in [0.2, 0.25) is 0 Å². The minimum atomic E-state index is -1.08. The highest BCUT2D eigenvalue weighted by molar-refractivity contribution is 5.84. The Hall–Kier alpha value is -0.790. The Balaban J connectivity index is 2.76. The molecule has 1 saturated carbocycles. The number of carboxylic acids is 1. The van der Waals surface area contributed by atoms with Gasteiger partial charge < -0.3 is 9.90 Å². The summed E-state index contributed by atoms with van der Waals surface area (Å²) in [5, 5.41) is 10.7. The highest BCUT2D eigenvalue weighted by Gasteiger charge is 2.32. The summed E-state index contributed by atoms with van der Waals surface area (Å²) in [7, 11) is 0. The van der Waals surface area contributed by atoms with Gasteiger partial charge in [0.25, 0.3) is 0 Å². The average Bonchev–Trinajstić information content (AvgIpc) is 2.09. The van der Waals surface area contributed by atoms with E-state index < -0.39 is 5.97 Å². The topological polar surface area (TPSA) is 40.1 Å². The van der Waals surface area contributed by atoms with Crippen LogP contribution in [0.4, 0.5) is 0 Å². The van der Waals surface area contributed by atoms with Crippen molar-refractivity contribution in [3.63, 3.8) is 0 Å². The normalized spacial score (nSPS) is 37.9. The van der Waals surface area contributed by atoms with Crippen molar-refractivity contribution >= 4 is 5.97 Å². The molecule has 0 aliphatic heterocycles. The van der Waals surface area contributed by atoms with Gasteiger partial charge in [-0.3, -0.25) is 0 Å². The van der Waals surface area contributed by atoms with E-state index in [9.17, 15) is 9.90 Å². The molecule has 2 heteroatoms. The monoisotopic (exact) mass is 195 g/mol. The Labute approximate surface area is 86.0 Å². The second kappa shape index (κ2) is 4.16. The first-order valence-corrected chi connectivity index (χ1v) is 5.33. The summed E-state index contributed by atoms with van der Waals surface area (Å²) < 4.78 is 0. The molecular weight excluding hydrogens is 176 g/mol. The van der Waals surface area contributed by atoms with Gasteiger partial charge in [-0.2, -0.15) is 0 Å². The van der Waals surface area contributed by atoms with E-state index in [0.29, 0.717) is 17.8 Å². The van der Waals surface area contributed by atoms with E-state index in [1.165, 1.54) is 6.42 Å². The number of carbonyl (C=O) groups excluding carboxylic acids is 1. The average molecular weight is 195 g/mol. The smallest absolute Gasteiger partial charge is 0.0671 e. The first kappa shape index (κ1) is 11.3. The zero-order valence-electron chi connectivity index (χ0n) is 9.25. The highest BCUT2D eigenvalue weighted by atomic mass is 16.4. The third-order valence-electron chi connectivity index (χ3n) is 3.67. The van der Waals surface area contributed by atoms with Gasteiger partial charge >= 0.3 is 0 Å². The Morgan fingerprint density at radius 1 is 1.29 bits per heavy atom. The molecular formula is C12H19O2-. The lowest BCUT2D eigenvalue weighted by Gasteiger charge is -2.39. The highest BCUT2D eigenvalue weighted by Crippen LogP contribution is 2.40. The lowest BCUT2D eigenvalue weighted by molar-refractivity contribution is -0.300. The molecule has 1 fully saturated rings. The van der Waals surface area contributed by atoms with Crippen LogP contribution in [-0.4, -0.2) is 5.97 Å². The molecule has 0 spiro atoms. The number of hydrogen-bond donors (Lipinski definition) is 0. The lowest BCUT2D eigenvalue weighted by atomic mass is 9.67. The van der Waals surface area contributed by atoms with Gasteiger partial charge in [-0.1, -0.05) is 27.4 Å². The molecule has 80 valence electrons. The van der Waals surface area contributed by atoms with Crippen LogP contribution in [0.3, 0.4) is 0 Å². The van der Waals surface area contributed by atoms with E-state index in [1.807, 2.05) is 0 Å². The van der Waals surface area contributed by atoms with Gasteiger partial charge in [0.05, 0.1) is 5.97 Å². The lowest BCUT2D eigenvalue weighted by Crippen LogP contribution is -2.36. The fraction of sp³-hybridized carbons (Fsp3) is 0.750. The maximum absolute atomic E-state index is 10.7. The second-order valence-electron chi connectivity index (χ2n) is 4.83. The fourth-order valence-electron chi connectivity index (χ4n) is 2.60. The third kappa shape index (κ3) is 2.17. The summed E-state index contributed by atoms with van der Waals surface area (Å²) in [5.74, 6) is 0.626. The molecule has 4 atom stereocenters. The molecule has 14 heavy (non-hydrogen) atoms. The van der Waals surface area contributed by atoms with Crippen LogP contribution in [0, 0.1) is 23.7 Å². The van der Waals surface area contributed by atoms with Crippen LogP contribution >= 0.6 is 0 Å². The minimum absolute atomic E-state index is 0.110. The van der Waals surface area contributed by atoms with Gasteiger partial charge in [0.2, 0.25) is 0 Å². The van der Waals surface area contributed by atoms with Crippen molar-refractivity contribution in [2.45, 2.75) is 33.6 Å². The molecule has 0 radical (unpaired) electrons. The van der Waals surface area contributed by atoms with Gasteiger partial charge in [0, 0.05) is 0 Å². The zero-order valence-corrected chi connectivity index (χ0v) is 9.25. The van der Waals surface area contributed by atoms with Crippen LogP contribution in [0.5, 0.6) is 0 Å². The molecule has 1 aliphatic carbocycles.